The molecule has 1 aromatic rings. The summed E-state index contributed by atoms with van der Waals surface area (Å²) in [6.45, 7) is 9.88. The maximum Gasteiger partial charge on any atom is 0.410 e. The Kier molecular flexibility index (Phi) is 4.31. The molecule has 0 saturated carbocycles. The van der Waals surface area contributed by atoms with Crippen LogP contribution < -0.4 is 4.90 Å². The number of hydrogen-bond donors (Lipinski definition) is 0. The Bertz CT molecular complexity index is 601. The third-order valence-corrected chi connectivity index (χ3v) is 3.53. The van der Waals surface area contributed by atoms with Crippen molar-refractivity contribution in [1.82, 2.24) is 14.7 Å². The number of carbonyl (C=O) groups excluding carboxylic acids is 1. The lowest BCUT2D eigenvalue weighted by Gasteiger charge is -2.36. The van der Waals surface area contributed by atoms with Crippen molar-refractivity contribution in [2.75, 3.05) is 31.1 Å². The summed E-state index contributed by atoms with van der Waals surface area (Å²) in [6, 6.07) is 2.22. The molecule has 0 aromatic carbocycles. The van der Waals surface area contributed by atoms with Crippen LogP contribution in [0.1, 0.15) is 32.0 Å². The van der Waals surface area contributed by atoms with Gasteiger partial charge < -0.3 is 14.5 Å². The zero-order chi connectivity index (χ0) is 16.5. The fraction of sp³-hybridized carbons (Fsp3) is 0.667. The number of aromatic nitrogens is 2. The molecule has 120 valence electrons. The Morgan fingerprint density at radius 3 is 2.36 bits per heavy atom. The molecule has 22 heavy (non-hydrogen) atoms. The molecule has 0 radical (unpaired) electrons. The molecule has 0 aliphatic carbocycles. The topological polar surface area (TPSA) is 74.4 Å². The van der Waals surface area contributed by atoms with E-state index in [-0.39, 0.29) is 6.09 Å². The van der Waals surface area contributed by atoms with Crippen LogP contribution in [0, 0.1) is 18.3 Å². The summed E-state index contributed by atoms with van der Waals surface area (Å²) in [4.78, 5) is 15.9. The molecule has 0 N–H and O–H groups in total. The molecule has 1 aliphatic rings. The van der Waals surface area contributed by atoms with Crippen LogP contribution in [0.15, 0.2) is 0 Å². The molecule has 7 nitrogen and oxygen atoms in total. The molecule has 0 spiro atoms. The van der Waals surface area contributed by atoms with E-state index >= 15 is 0 Å². The maximum absolute atomic E-state index is 12.1. The zero-order valence-electron chi connectivity index (χ0n) is 13.9. The van der Waals surface area contributed by atoms with E-state index in [1.165, 1.54) is 0 Å². The van der Waals surface area contributed by atoms with Gasteiger partial charge in [0.1, 0.15) is 23.1 Å². The second kappa shape index (κ2) is 5.87. The van der Waals surface area contributed by atoms with E-state index in [0.29, 0.717) is 31.7 Å². The van der Waals surface area contributed by atoms with Gasteiger partial charge in [0.2, 0.25) is 0 Å². The summed E-state index contributed by atoms with van der Waals surface area (Å²) < 4.78 is 7.12. The van der Waals surface area contributed by atoms with Crippen molar-refractivity contribution in [3.63, 3.8) is 0 Å². The molecule has 1 amide bonds. The average Bonchev–Trinajstić information content (AvgIpc) is 2.71. The molecule has 0 atom stereocenters. The van der Waals surface area contributed by atoms with Crippen LogP contribution in [0.5, 0.6) is 0 Å². The van der Waals surface area contributed by atoms with Crippen molar-refractivity contribution >= 4 is 11.9 Å². The number of ether oxygens (including phenoxy) is 1. The van der Waals surface area contributed by atoms with E-state index in [9.17, 15) is 10.1 Å². The highest BCUT2D eigenvalue weighted by Crippen LogP contribution is 2.23. The van der Waals surface area contributed by atoms with Crippen LogP contribution in [-0.2, 0) is 11.8 Å². The van der Waals surface area contributed by atoms with Gasteiger partial charge in [0.25, 0.3) is 0 Å². The van der Waals surface area contributed by atoms with Crippen LogP contribution in [0.4, 0.5) is 10.6 Å². The number of anilines is 1. The first kappa shape index (κ1) is 16.1. The van der Waals surface area contributed by atoms with Crippen LogP contribution in [0.25, 0.3) is 0 Å². The summed E-state index contributed by atoms with van der Waals surface area (Å²) >= 11 is 0. The lowest BCUT2D eigenvalue weighted by atomic mass is 10.2. The third kappa shape index (κ3) is 3.32. The monoisotopic (exact) mass is 305 g/mol. The second-order valence-corrected chi connectivity index (χ2v) is 6.47. The van der Waals surface area contributed by atoms with E-state index < -0.39 is 5.60 Å². The first-order valence-corrected chi connectivity index (χ1v) is 7.39. The van der Waals surface area contributed by atoms with E-state index in [0.717, 1.165) is 11.5 Å². The molecule has 2 rings (SSSR count). The Morgan fingerprint density at radius 1 is 1.27 bits per heavy atom. The van der Waals surface area contributed by atoms with Crippen molar-refractivity contribution in [3.8, 4) is 6.07 Å². The highest BCUT2D eigenvalue weighted by Gasteiger charge is 2.28. The predicted octanol–water partition coefficient (Wildman–Crippen LogP) is 1.66. The van der Waals surface area contributed by atoms with Gasteiger partial charge in [-0.3, -0.25) is 4.68 Å². The van der Waals surface area contributed by atoms with Crippen molar-refractivity contribution in [2.45, 2.75) is 33.3 Å². The van der Waals surface area contributed by atoms with Gasteiger partial charge in [0.05, 0.1) is 5.69 Å². The molecule has 1 fully saturated rings. The number of amides is 1. The summed E-state index contributed by atoms with van der Waals surface area (Å²) in [5.41, 5.74) is 0.851. The fourth-order valence-electron chi connectivity index (χ4n) is 2.57. The summed E-state index contributed by atoms with van der Waals surface area (Å²) in [5.74, 6) is 0.823. The molecule has 1 aromatic heterocycles. The van der Waals surface area contributed by atoms with Gasteiger partial charge in [-0.1, -0.05) is 0 Å². The normalized spacial score (nSPS) is 15.6. The summed E-state index contributed by atoms with van der Waals surface area (Å²) in [7, 11) is 1.84. The van der Waals surface area contributed by atoms with E-state index in [2.05, 4.69) is 16.1 Å². The largest absolute Gasteiger partial charge is 0.444 e. The van der Waals surface area contributed by atoms with Crippen molar-refractivity contribution in [3.05, 3.63) is 11.3 Å². The Hall–Kier alpha value is -2.23. The first-order chi connectivity index (χ1) is 10.2. The van der Waals surface area contributed by atoms with E-state index in [1.807, 2.05) is 34.7 Å². The van der Waals surface area contributed by atoms with E-state index in [4.69, 9.17) is 4.74 Å². The number of aryl methyl sites for hydroxylation is 2. The molecule has 1 aliphatic heterocycles. The quantitative estimate of drug-likeness (QED) is 0.789. The summed E-state index contributed by atoms with van der Waals surface area (Å²) in [6.07, 6.45) is -0.283. The van der Waals surface area contributed by atoms with Gasteiger partial charge in [0, 0.05) is 33.2 Å². The summed E-state index contributed by atoms with van der Waals surface area (Å²) in [5, 5.41) is 13.6. The van der Waals surface area contributed by atoms with Crippen LogP contribution in [0.3, 0.4) is 0 Å². The number of carbonyl (C=O) groups is 1. The third-order valence-electron chi connectivity index (χ3n) is 3.53. The number of nitriles is 1. The lowest BCUT2D eigenvalue weighted by Crippen LogP contribution is -2.50. The van der Waals surface area contributed by atoms with E-state index in [1.54, 1.807) is 9.58 Å². The zero-order valence-corrected chi connectivity index (χ0v) is 13.9. The van der Waals surface area contributed by atoms with Gasteiger partial charge in [-0.15, -0.1) is 0 Å². The lowest BCUT2D eigenvalue weighted by molar-refractivity contribution is 0.0240. The molecule has 2 heterocycles. The molecule has 1 saturated heterocycles. The molecule has 0 bridgehead atoms. The first-order valence-electron chi connectivity index (χ1n) is 7.39. The molecular formula is C15H23N5O2. The van der Waals surface area contributed by atoms with Gasteiger partial charge in [0.15, 0.2) is 0 Å². The van der Waals surface area contributed by atoms with Gasteiger partial charge in [-0.05, 0) is 27.7 Å². The number of hydrogen-bond acceptors (Lipinski definition) is 5. The van der Waals surface area contributed by atoms with Crippen LogP contribution >= 0.6 is 0 Å². The van der Waals surface area contributed by atoms with Crippen LogP contribution in [0.2, 0.25) is 0 Å². The Balaban J connectivity index is 2.04. The number of rotatable bonds is 1. The SMILES string of the molecule is Cc1nn(C)c(N2CCN(C(=O)OC(C)(C)C)CC2)c1C#N. The highest BCUT2D eigenvalue weighted by atomic mass is 16.6. The van der Waals surface area contributed by atoms with Gasteiger partial charge >= 0.3 is 6.09 Å². The number of nitrogens with zero attached hydrogens (tertiary/aromatic N) is 5. The molecule has 0 unspecified atom stereocenters. The Morgan fingerprint density at radius 2 is 1.86 bits per heavy atom. The van der Waals surface area contributed by atoms with Crippen molar-refractivity contribution in [2.24, 2.45) is 7.05 Å². The maximum atomic E-state index is 12.1. The second-order valence-electron chi connectivity index (χ2n) is 6.47. The standard InChI is InChI=1S/C15H23N5O2/c1-11-12(10-16)13(18(5)17-11)19-6-8-20(9-7-19)14(21)22-15(2,3)4/h6-9H2,1-5H3. The predicted molar refractivity (Wildman–Crippen MR) is 82.7 cm³/mol. The van der Waals surface area contributed by atoms with Crippen molar-refractivity contribution < 1.29 is 9.53 Å². The minimum absolute atomic E-state index is 0.283. The number of piperazine rings is 1. The van der Waals surface area contributed by atoms with Crippen molar-refractivity contribution in [1.29, 1.82) is 5.26 Å². The van der Waals surface area contributed by atoms with Crippen LogP contribution in [-0.4, -0.2) is 52.6 Å². The highest BCUT2D eigenvalue weighted by molar-refractivity contribution is 5.69. The molecular weight excluding hydrogens is 282 g/mol. The minimum atomic E-state index is -0.485. The fourth-order valence-corrected chi connectivity index (χ4v) is 2.57. The van der Waals surface area contributed by atoms with Gasteiger partial charge in [-0.25, -0.2) is 4.79 Å². The molecule has 7 heteroatoms. The average molecular weight is 305 g/mol. The Labute approximate surface area is 131 Å². The van der Waals surface area contributed by atoms with Gasteiger partial charge in [-0.2, -0.15) is 10.4 Å². The minimum Gasteiger partial charge on any atom is -0.444 e. The smallest absolute Gasteiger partial charge is 0.410 e.